The fraction of sp³-hybridized carbons (Fsp3) is 0.412. The molecule has 0 spiro atoms. The van der Waals surface area contributed by atoms with Gasteiger partial charge in [0.05, 0.1) is 12.5 Å². The Balaban J connectivity index is 1.58. The second-order valence-electron chi connectivity index (χ2n) is 5.67. The lowest BCUT2D eigenvalue weighted by atomic mass is 10.1. The number of carbonyl (C=O) groups excluding carboxylic acids is 1. The molecule has 1 aliphatic heterocycles. The number of para-hydroxylation sites is 1. The van der Waals surface area contributed by atoms with Crippen LogP contribution in [0, 0.1) is 11.3 Å². The second-order valence-corrected chi connectivity index (χ2v) is 5.67. The normalized spacial score (nSPS) is 15.9. The summed E-state index contributed by atoms with van der Waals surface area (Å²) in [5.74, 6) is 0.185. The molecule has 0 aliphatic carbocycles. The molecule has 5 heteroatoms. The molecule has 22 heavy (non-hydrogen) atoms. The third-order valence-corrected chi connectivity index (χ3v) is 4.28. The van der Waals surface area contributed by atoms with E-state index in [2.05, 4.69) is 16.0 Å². The number of nitriles is 1. The molecule has 2 heterocycles. The van der Waals surface area contributed by atoms with E-state index >= 15 is 0 Å². The number of carbonyl (C=O) groups is 1. The molecule has 1 aromatic carbocycles. The van der Waals surface area contributed by atoms with Gasteiger partial charge in [-0.1, -0.05) is 18.2 Å². The van der Waals surface area contributed by atoms with Crippen molar-refractivity contribution in [3.8, 4) is 6.07 Å². The maximum Gasteiger partial charge on any atom is 0.227 e. The van der Waals surface area contributed by atoms with Crippen LogP contribution in [0.25, 0.3) is 10.9 Å². The summed E-state index contributed by atoms with van der Waals surface area (Å²) >= 11 is 0. The van der Waals surface area contributed by atoms with E-state index in [0.29, 0.717) is 12.8 Å². The molecule has 0 atom stereocenters. The molecule has 3 rings (SSSR count). The van der Waals surface area contributed by atoms with Gasteiger partial charge in [-0.3, -0.25) is 9.69 Å². The molecular weight excluding hydrogens is 276 g/mol. The van der Waals surface area contributed by atoms with Crippen molar-refractivity contribution in [2.75, 3.05) is 32.7 Å². The molecule has 0 saturated carbocycles. The lowest BCUT2D eigenvalue weighted by Crippen LogP contribution is -2.49. The summed E-state index contributed by atoms with van der Waals surface area (Å²) in [6, 6.07) is 10.2. The molecule has 0 unspecified atom stereocenters. The van der Waals surface area contributed by atoms with Gasteiger partial charge in [0.1, 0.15) is 0 Å². The van der Waals surface area contributed by atoms with Gasteiger partial charge in [0.25, 0.3) is 0 Å². The molecule has 1 aliphatic rings. The van der Waals surface area contributed by atoms with Crippen molar-refractivity contribution in [2.24, 2.45) is 0 Å². The zero-order chi connectivity index (χ0) is 15.4. The minimum Gasteiger partial charge on any atom is -0.361 e. The summed E-state index contributed by atoms with van der Waals surface area (Å²) < 4.78 is 0. The Morgan fingerprint density at radius 1 is 1.23 bits per heavy atom. The molecule has 2 aromatic rings. The predicted molar refractivity (Wildman–Crippen MR) is 85.3 cm³/mol. The highest BCUT2D eigenvalue weighted by atomic mass is 16.2. The standard InChI is InChI=1S/C17H20N4O/c18-6-3-7-20-8-10-21(11-9-20)17(22)12-14-13-19-16-5-2-1-4-15(14)16/h1-2,4-5,13,19H,3,7-12H2. The van der Waals surface area contributed by atoms with Crippen molar-refractivity contribution in [1.29, 1.82) is 5.26 Å². The minimum atomic E-state index is 0.185. The van der Waals surface area contributed by atoms with Crippen molar-refractivity contribution < 1.29 is 4.79 Å². The van der Waals surface area contributed by atoms with E-state index in [4.69, 9.17) is 5.26 Å². The van der Waals surface area contributed by atoms with Crippen LogP contribution >= 0.6 is 0 Å². The summed E-state index contributed by atoms with van der Waals surface area (Å²) in [6.45, 7) is 4.04. The second kappa shape index (κ2) is 6.63. The smallest absolute Gasteiger partial charge is 0.227 e. The minimum absolute atomic E-state index is 0.185. The maximum atomic E-state index is 12.5. The third-order valence-electron chi connectivity index (χ3n) is 4.28. The Kier molecular flexibility index (Phi) is 4.40. The van der Waals surface area contributed by atoms with E-state index in [1.165, 1.54) is 0 Å². The van der Waals surface area contributed by atoms with E-state index in [0.717, 1.165) is 49.2 Å². The highest BCUT2D eigenvalue weighted by molar-refractivity contribution is 5.88. The summed E-state index contributed by atoms with van der Waals surface area (Å²) in [4.78, 5) is 19.9. The van der Waals surface area contributed by atoms with Crippen LogP contribution in [0.4, 0.5) is 0 Å². The number of fused-ring (bicyclic) bond motifs is 1. The Morgan fingerprint density at radius 3 is 2.77 bits per heavy atom. The van der Waals surface area contributed by atoms with Crippen molar-refractivity contribution in [2.45, 2.75) is 12.8 Å². The van der Waals surface area contributed by atoms with Crippen LogP contribution in [0.2, 0.25) is 0 Å². The number of benzene rings is 1. The van der Waals surface area contributed by atoms with Crippen LogP contribution in [0.15, 0.2) is 30.5 Å². The number of piperazine rings is 1. The highest BCUT2D eigenvalue weighted by Crippen LogP contribution is 2.19. The largest absolute Gasteiger partial charge is 0.361 e. The zero-order valence-corrected chi connectivity index (χ0v) is 12.6. The summed E-state index contributed by atoms with van der Waals surface area (Å²) in [5, 5.41) is 9.75. The Bertz CT molecular complexity index is 692. The van der Waals surface area contributed by atoms with Crippen LogP contribution in [-0.4, -0.2) is 53.4 Å². The van der Waals surface area contributed by atoms with Crippen LogP contribution in [0.3, 0.4) is 0 Å². The number of nitrogens with zero attached hydrogens (tertiary/aromatic N) is 3. The van der Waals surface area contributed by atoms with Crippen molar-refractivity contribution in [1.82, 2.24) is 14.8 Å². The number of aromatic nitrogens is 1. The topological polar surface area (TPSA) is 63.1 Å². The summed E-state index contributed by atoms with van der Waals surface area (Å²) in [7, 11) is 0. The van der Waals surface area contributed by atoms with E-state index in [1.54, 1.807) is 0 Å². The monoisotopic (exact) mass is 296 g/mol. The van der Waals surface area contributed by atoms with E-state index in [9.17, 15) is 4.79 Å². The van der Waals surface area contributed by atoms with Gasteiger partial charge >= 0.3 is 0 Å². The summed E-state index contributed by atoms with van der Waals surface area (Å²) in [5.41, 5.74) is 2.14. The number of nitrogens with one attached hydrogen (secondary N) is 1. The number of H-pyrrole nitrogens is 1. The number of hydrogen-bond donors (Lipinski definition) is 1. The Labute approximate surface area is 130 Å². The van der Waals surface area contributed by atoms with E-state index in [-0.39, 0.29) is 5.91 Å². The lowest BCUT2D eigenvalue weighted by Gasteiger charge is -2.34. The highest BCUT2D eigenvalue weighted by Gasteiger charge is 2.21. The molecule has 0 radical (unpaired) electrons. The van der Waals surface area contributed by atoms with Crippen molar-refractivity contribution in [3.05, 3.63) is 36.0 Å². The van der Waals surface area contributed by atoms with Gasteiger partial charge in [-0.15, -0.1) is 0 Å². The molecule has 1 aromatic heterocycles. The van der Waals surface area contributed by atoms with E-state index in [1.807, 2.05) is 35.4 Å². The number of amides is 1. The first-order chi connectivity index (χ1) is 10.8. The number of rotatable bonds is 4. The third kappa shape index (κ3) is 3.12. The van der Waals surface area contributed by atoms with Gasteiger partial charge in [0, 0.05) is 56.2 Å². The van der Waals surface area contributed by atoms with Crippen LogP contribution in [-0.2, 0) is 11.2 Å². The average molecular weight is 296 g/mol. The van der Waals surface area contributed by atoms with Crippen LogP contribution < -0.4 is 0 Å². The Hall–Kier alpha value is -2.32. The lowest BCUT2D eigenvalue weighted by molar-refractivity contribution is -0.132. The number of aromatic amines is 1. The first-order valence-electron chi connectivity index (χ1n) is 7.70. The number of hydrogen-bond acceptors (Lipinski definition) is 3. The van der Waals surface area contributed by atoms with Crippen LogP contribution in [0.5, 0.6) is 0 Å². The van der Waals surface area contributed by atoms with Gasteiger partial charge < -0.3 is 9.88 Å². The van der Waals surface area contributed by atoms with Gasteiger partial charge in [0.15, 0.2) is 0 Å². The first-order valence-corrected chi connectivity index (χ1v) is 7.70. The first kappa shape index (κ1) is 14.6. The SMILES string of the molecule is N#CCCN1CCN(C(=O)Cc2c[nH]c3ccccc23)CC1. The molecule has 1 amide bonds. The van der Waals surface area contributed by atoms with Gasteiger partial charge in [-0.05, 0) is 11.6 Å². The molecule has 5 nitrogen and oxygen atoms in total. The fourth-order valence-electron chi connectivity index (χ4n) is 2.98. The van der Waals surface area contributed by atoms with Gasteiger partial charge in [0.2, 0.25) is 5.91 Å². The molecule has 114 valence electrons. The molecule has 0 bridgehead atoms. The average Bonchev–Trinajstić information content (AvgIpc) is 2.96. The van der Waals surface area contributed by atoms with Gasteiger partial charge in [-0.25, -0.2) is 0 Å². The van der Waals surface area contributed by atoms with E-state index < -0.39 is 0 Å². The Morgan fingerprint density at radius 2 is 2.00 bits per heavy atom. The fourth-order valence-corrected chi connectivity index (χ4v) is 2.98. The van der Waals surface area contributed by atoms with Crippen molar-refractivity contribution in [3.63, 3.8) is 0 Å². The molecule has 1 N–H and O–H groups in total. The zero-order valence-electron chi connectivity index (χ0n) is 12.6. The molecule has 1 fully saturated rings. The predicted octanol–water partition coefficient (Wildman–Crippen LogP) is 1.77. The molecule has 1 saturated heterocycles. The summed E-state index contributed by atoms with van der Waals surface area (Å²) in [6.07, 6.45) is 2.94. The van der Waals surface area contributed by atoms with Crippen molar-refractivity contribution >= 4 is 16.8 Å². The van der Waals surface area contributed by atoms with Gasteiger partial charge in [-0.2, -0.15) is 5.26 Å². The molecular formula is C17H20N4O. The quantitative estimate of drug-likeness (QED) is 0.935. The maximum absolute atomic E-state index is 12.5. The van der Waals surface area contributed by atoms with Crippen LogP contribution in [0.1, 0.15) is 12.0 Å².